The SMILES string of the molecule is C/C=N\N(CC(=O)NC)C(C)C. The van der Waals surface area contributed by atoms with Gasteiger partial charge in [-0.25, -0.2) is 0 Å². The van der Waals surface area contributed by atoms with Gasteiger partial charge < -0.3 is 5.32 Å². The van der Waals surface area contributed by atoms with Crippen molar-refractivity contribution in [3.8, 4) is 0 Å². The normalized spacial score (nSPS) is 10.8. The topological polar surface area (TPSA) is 44.7 Å². The van der Waals surface area contributed by atoms with Gasteiger partial charge in [-0.05, 0) is 20.8 Å². The molecule has 0 rings (SSSR count). The minimum atomic E-state index is -0.0192. The number of carbonyl (C=O) groups is 1. The number of hydrazone groups is 1. The van der Waals surface area contributed by atoms with Gasteiger partial charge in [-0.15, -0.1) is 0 Å². The van der Waals surface area contributed by atoms with Gasteiger partial charge in [-0.3, -0.25) is 9.80 Å². The third-order valence-electron chi connectivity index (χ3n) is 1.44. The maximum atomic E-state index is 11.0. The highest BCUT2D eigenvalue weighted by Crippen LogP contribution is 1.96. The average Bonchev–Trinajstić information content (AvgIpc) is 2.03. The summed E-state index contributed by atoms with van der Waals surface area (Å²) in [6, 6.07) is 0.249. The van der Waals surface area contributed by atoms with Crippen molar-refractivity contribution in [3.63, 3.8) is 0 Å². The summed E-state index contributed by atoms with van der Waals surface area (Å²) in [5.41, 5.74) is 0. The minimum absolute atomic E-state index is 0.0192. The molecule has 0 heterocycles. The Morgan fingerprint density at radius 3 is 2.58 bits per heavy atom. The molecule has 4 nitrogen and oxygen atoms in total. The highest BCUT2D eigenvalue weighted by atomic mass is 16.2. The van der Waals surface area contributed by atoms with Crippen LogP contribution in [0, 0.1) is 0 Å². The van der Waals surface area contributed by atoms with E-state index in [-0.39, 0.29) is 11.9 Å². The highest BCUT2D eigenvalue weighted by Gasteiger charge is 2.08. The van der Waals surface area contributed by atoms with Crippen LogP contribution in [0.4, 0.5) is 0 Å². The molecule has 4 heteroatoms. The zero-order valence-electron chi connectivity index (χ0n) is 8.16. The van der Waals surface area contributed by atoms with Crippen molar-refractivity contribution >= 4 is 12.1 Å². The fourth-order valence-electron chi connectivity index (χ4n) is 0.731. The summed E-state index contributed by atoms with van der Waals surface area (Å²) in [6.45, 7) is 6.14. The molecule has 0 aliphatic heterocycles. The van der Waals surface area contributed by atoms with E-state index < -0.39 is 0 Å². The molecule has 0 aromatic carbocycles. The summed E-state index contributed by atoms with van der Waals surface area (Å²) in [4.78, 5) is 11.0. The van der Waals surface area contributed by atoms with Gasteiger partial charge in [0.15, 0.2) is 0 Å². The Kier molecular flexibility index (Phi) is 5.08. The molecule has 0 aromatic rings. The van der Waals surface area contributed by atoms with Crippen LogP contribution in [0.15, 0.2) is 5.10 Å². The zero-order chi connectivity index (χ0) is 9.56. The van der Waals surface area contributed by atoms with Crippen LogP contribution >= 0.6 is 0 Å². The number of amides is 1. The van der Waals surface area contributed by atoms with Crippen molar-refractivity contribution in [2.75, 3.05) is 13.6 Å². The number of hydrogen-bond donors (Lipinski definition) is 1. The fourth-order valence-corrected chi connectivity index (χ4v) is 0.731. The van der Waals surface area contributed by atoms with Gasteiger partial charge in [-0.1, -0.05) is 0 Å². The van der Waals surface area contributed by atoms with Crippen LogP contribution in [0.25, 0.3) is 0 Å². The van der Waals surface area contributed by atoms with Crippen LogP contribution in [0.3, 0.4) is 0 Å². The Bertz CT molecular complexity index is 166. The predicted octanol–water partition coefficient (Wildman–Crippen LogP) is 0.448. The molecule has 0 aliphatic carbocycles. The molecule has 0 unspecified atom stereocenters. The number of carbonyl (C=O) groups excluding carboxylic acids is 1. The Labute approximate surface area is 73.6 Å². The Morgan fingerprint density at radius 1 is 1.67 bits per heavy atom. The second kappa shape index (κ2) is 5.57. The van der Waals surface area contributed by atoms with E-state index in [1.165, 1.54) is 0 Å². The molecule has 0 saturated carbocycles. The van der Waals surface area contributed by atoms with Gasteiger partial charge in [0, 0.05) is 19.3 Å². The van der Waals surface area contributed by atoms with E-state index in [2.05, 4.69) is 10.4 Å². The third-order valence-corrected chi connectivity index (χ3v) is 1.44. The molecule has 0 saturated heterocycles. The molecule has 0 aromatic heterocycles. The highest BCUT2D eigenvalue weighted by molar-refractivity contribution is 5.77. The van der Waals surface area contributed by atoms with Crippen LogP contribution in [-0.4, -0.2) is 36.8 Å². The lowest BCUT2D eigenvalue weighted by molar-refractivity contribution is -0.122. The lowest BCUT2D eigenvalue weighted by Crippen LogP contribution is -2.36. The van der Waals surface area contributed by atoms with E-state index in [0.717, 1.165) is 0 Å². The minimum Gasteiger partial charge on any atom is -0.358 e. The summed E-state index contributed by atoms with van der Waals surface area (Å²) >= 11 is 0. The number of hydrogen-bond acceptors (Lipinski definition) is 3. The van der Waals surface area contributed by atoms with Crippen LogP contribution < -0.4 is 5.32 Å². The average molecular weight is 171 g/mol. The Morgan fingerprint density at radius 2 is 2.25 bits per heavy atom. The number of likely N-dealkylation sites (N-methyl/N-ethyl adjacent to an activating group) is 1. The van der Waals surface area contributed by atoms with Crippen LogP contribution in [0.1, 0.15) is 20.8 Å². The van der Waals surface area contributed by atoms with E-state index in [9.17, 15) is 4.79 Å². The summed E-state index contributed by atoms with van der Waals surface area (Å²) in [7, 11) is 1.62. The van der Waals surface area contributed by atoms with Crippen molar-refractivity contribution in [3.05, 3.63) is 0 Å². The van der Waals surface area contributed by atoms with Gasteiger partial charge in [0.1, 0.15) is 6.54 Å². The fraction of sp³-hybridized carbons (Fsp3) is 0.750. The summed E-state index contributed by atoms with van der Waals surface area (Å²) < 4.78 is 0. The van der Waals surface area contributed by atoms with Gasteiger partial charge >= 0.3 is 0 Å². The zero-order valence-corrected chi connectivity index (χ0v) is 8.16. The summed E-state index contributed by atoms with van der Waals surface area (Å²) in [6.07, 6.45) is 1.68. The quantitative estimate of drug-likeness (QED) is 0.493. The largest absolute Gasteiger partial charge is 0.358 e. The Balaban J connectivity index is 4.04. The van der Waals surface area contributed by atoms with Crippen molar-refractivity contribution in [2.24, 2.45) is 5.10 Å². The molecule has 0 aliphatic rings. The second-order valence-electron chi connectivity index (χ2n) is 2.74. The first-order chi connectivity index (χ1) is 5.61. The number of nitrogens with zero attached hydrogens (tertiary/aromatic N) is 2. The Hall–Kier alpha value is -1.06. The smallest absolute Gasteiger partial charge is 0.241 e. The van der Waals surface area contributed by atoms with Crippen LogP contribution in [0.2, 0.25) is 0 Å². The van der Waals surface area contributed by atoms with Crippen molar-refractivity contribution in [1.82, 2.24) is 10.3 Å². The van der Waals surface area contributed by atoms with Gasteiger partial charge in [0.25, 0.3) is 0 Å². The van der Waals surface area contributed by atoms with E-state index in [4.69, 9.17) is 0 Å². The molecule has 0 fully saturated rings. The standard InChI is InChI=1S/C8H17N3O/c1-5-10-11(7(2)3)6-8(12)9-4/h5,7H,6H2,1-4H3,(H,9,12)/b10-5-. The summed E-state index contributed by atoms with van der Waals surface area (Å²) in [5.74, 6) is -0.0192. The van der Waals surface area contributed by atoms with Crippen LogP contribution in [0.5, 0.6) is 0 Å². The van der Waals surface area contributed by atoms with Crippen molar-refractivity contribution in [2.45, 2.75) is 26.8 Å². The van der Waals surface area contributed by atoms with Crippen LogP contribution in [-0.2, 0) is 4.79 Å². The molecule has 12 heavy (non-hydrogen) atoms. The van der Waals surface area contributed by atoms with E-state index in [0.29, 0.717) is 6.54 Å². The first-order valence-electron chi connectivity index (χ1n) is 4.07. The second-order valence-corrected chi connectivity index (χ2v) is 2.74. The van der Waals surface area contributed by atoms with E-state index >= 15 is 0 Å². The van der Waals surface area contributed by atoms with Gasteiger partial charge in [0.05, 0.1) is 0 Å². The predicted molar refractivity (Wildman–Crippen MR) is 50.1 cm³/mol. The monoisotopic (exact) mass is 171 g/mol. The molecular formula is C8H17N3O. The molecule has 0 atom stereocenters. The number of nitrogens with one attached hydrogen (secondary N) is 1. The van der Waals surface area contributed by atoms with Crippen molar-refractivity contribution in [1.29, 1.82) is 0 Å². The first-order valence-corrected chi connectivity index (χ1v) is 4.07. The first kappa shape index (κ1) is 10.9. The van der Waals surface area contributed by atoms with Gasteiger partial charge in [0.2, 0.25) is 5.91 Å². The summed E-state index contributed by atoms with van der Waals surface area (Å²) in [5, 5.41) is 8.35. The van der Waals surface area contributed by atoms with Crippen molar-refractivity contribution < 1.29 is 4.79 Å². The molecule has 0 bridgehead atoms. The molecule has 70 valence electrons. The molecule has 0 radical (unpaired) electrons. The van der Waals surface area contributed by atoms with E-state index in [1.807, 2.05) is 20.8 Å². The van der Waals surface area contributed by atoms with E-state index in [1.54, 1.807) is 18.3 Å². The van der Waals surface area contributed by atoms with Gasteiger partial charge in [-0.2, -0.15) is 5.10 Å². The molecule has 1 amide bonds. The molecule has 0 spiro atoms. The third kappa shape index (κ3) is 3.95. The maximum absolute atomic E-state index is 11.0. The lowest BCUT2D eigenvalue weighted by Gasteiger charge is -2.21. The maximum Gasteiger partial charge on any atom is 0.241 e. The molecule has 1 N–H and O–H groups in total. The number of rotatable bonds is 4. The lowest BCUT2D eigenvalue weighted by atomic mass is 10.3. The molecular weight excluding hydrogens is 154 g/mol.